The summed E-state index contributed by atoms with van der Waals surface area (Å²) in [5.41, 5.74) is 12.3. The van der Waals surface area contributed by atoms with Crippen molar-refractivity contribution in [1.29, 1.82) is 0 Å². The second-order valence-corrected chi connectivity index (χ2v) is 9.05. The fourth-order valence-corrected chi connectivity index (χ4v) is 5.00. The maximum atomic E-state index is 13.2. The molecular formula is C29H33NO2. The molecule has 0 amide bonds. The van der Waals surface area contributed by atoms with Crippen molar-refractivity contribution >= 4 is 5.97 Å². The first kappa shape index (κ1) is 22.3. The van der Waals surface area contributed by atoms with Crippen molar-refractivity contribution in [2.45, 2.75) is 63.5 Å². The zero-order valence-electron chi connectivity index (χ0n) is 18.9. The standard InChI is InChI=1S/C29H33NO2/c1-3-26-20(2)9-18-27(28(26)29(31)32-19-21-7-5-4-6-8-21)24-12-10-22(11-13-24)23-14-16-25(30)17-15-23/h3-13,23,25,27H,1,14-19,30H2,2H3. The molecular weight excluding hydrogens is 394 g/mol. The van der Waals surface area contributed by atoms with E-state index >= 15 is 0 Å². The number of esters is 1. The van der Waals surface area contributed by atoms with Gasteiger partial charge in [0.15, 0.2) is 0 Å². The molecule has 0 aliphatic heterocycles. The maximum absolute atomic E-state index is 13.2. The van der Waals surface area contributed by atoms with E-state index in [9.17, 15) is 4.79 Å². The third-order valence-electron chi connectivity index (χ3n) is 6.94. The number of carbonyl (C=O) groups is 1. The van der Waals surface area contributed by atoms with Crippen LogP contribution in [0.2, 0.25) is 0 Å². The minimum Gasteiger partial charge on any atom is -0.457 e. The minimum absolute atomic E-state index is 0.0243. The third kappa shape index (κ3) is 4.94. The largest absolute Gasteiger partial charge is 0.457 e. The molecule has 166 valence electrons. The summed E-state index contributed by atoms with van der Waals surface area (Å²) < 4.78 is 5.75. The number of nitrogens with two attached hydrogens (primary N) is 1. The molecule has 1 fully saturated rings. The van der Waals surface area contributed by atoms with Crippen LogP contribution in [-0.2, 0) is 16.1 Å². The second kappa shape index (κ2) is 10.1. The van der Waals surface area contributed by atoms with E-state index in [1.807, 2.05) is 37.3 Å². The summed E-state index contributed by atoms with van der Waals surface area (Å²) in [5.74, 6) is 0.308. The van der Waals surface area contributed by atoms with Crippen molar-refractivity contribution in [2.24, 2.45) is 5.73 Å². The highest BCUT2D eigenvalue weighted by Gasteiger charge is 2.30. The van der Waals surface area contributed by atoms with Gasteiger partial charge in [-0.15, -0.1) is 0 Å². The van der Waals surface area contributed by atoms with Crippen LogP contribution in [0.1, 0.15) is 67.6 Å². The molecule has 4 rings (SSSR count). The summed E-state index contributed by atoms with van der Waals surface area (Å²) in [4.78, 5) is 13.2. The SMILES string of the molecule is C=CC1=C(C(=O)OCc2ccccc2)C(c2ccc(C3CCC(N)CC3)cc2)CC=C1C. The number of hydrogen-bond donors (Lipinski definition) is 1. The average Bonchev–Trinajstić information content (AvgIpc) is 2.83. The van der Waals surface area contributed by atoms with Crippen LogP contribution in [0, 0.1) is 0 Å². The van der Waals surface area contributed by atoms with Crippen LogP contribution in [0.4, 0.5) is 0 Å². The fraction of sp³-hybridized carbons (Fsp3) is 0.345. The van der Waals surface area contributed by atoms with Gasteiger partial charge in [0, 0.05) is 12.0 Å². The molecule has 1 saturated carbocycles. The van der Waals surface area contributed by atoms with Crippen LogP contribution < -0.4 is 5.73 Å². The summed E-state index contributed by atoms with van der Waals surface area (Å²) in [6, 6.07) is 19.0. The van der Waals surface area contributed by atoms with E-state index in [0.29, 0.717) is 17.5 Å². The zero-order valence-corrected chi connectivity index (χ0v) is 18.9. The number of rotatable bonds is 6. The minimum atomic E-state index is -0.258. The Bertz CT molecular complexity index is 1010. The lowest BCUT2D eigenvalue weighted by Crippen LogP contribution is -2.25. The Kier molecular flexibility index (Phi) is 7.06. The Morgan fingerprint density at radius 1 is 1.03 bits per heavy atom. The molecule has 3 nitrogen and oxygen atoms in total. The molecule has 0 bridgehead atoms. The van der Waals surface area contributed by atoms with Crippen molar-refractivity contribution in [1.82, 2.24) is 0 Å². The van der Waals surface area contributed by atoms with Crippen molar-refractivity contribution < 1.29 is 9.53 Å². The van der Waals surface area contributed by atoms with Gasteiger partial charge in [-0.1, -0.05) is 73.3 Å². The first-order chi connectivity index (χ1) is 15.6. The molecule has 2 aromatic rings. The van der Waals surface area contributed by atoms with Gasteiger partial charge in [0.2, 0.25) is 0 Å². The molecule has 3 heteroatoms. The van der Waals surface area contributed by atoms with Crippen LogP contribution in [0.15, 0.2) is 90.0 Å². The van der Waals surface area contributed by atoms with Gasteiger partial charge in [0.1, 0.15) is 6.61 Å². The predicted octanol–water partition coefficient (Wildman–Crippen LogP) is 6.33. The summed E-state index contributed by atoms with van der Waals surface area (Å²) in [6.45, 7) is 6.28. The zero-order chi connectivity index (χ0) is 22.5. The van der Waals surface area contributed by atoms with Gasteiger partial charge in [0.05, 0.1) is 5.57 Å². The first-order valence-corrected chi connectivity index (χ1v) is 11.7. The van der Waals surface area contributed by atoms with Gasteiger partial charge in [-0.3, -0.25) is 0 Å². The quantitative estimate of drug-likeness (QED) is 0.548. The van der Waals surface area contributed by atoms with Crippen LogP contribution in [0.3, 0.4) is 0 Å². The molecule has 0 aromatic heterocycles. The van der Waals surface area contributed by atoms with Crippen molar-refractivity contribution in [3.05, 3.63) is 107 Å². The van der Waals surface area contributed by atoms with Crippen LogP contribution in [0.5, 0.6) is 0 Å². The van der Waals surface area contributed by atoms with Gasteiger partial charge >= 0.3 is 5.97 Å². The monoisotopic (exact) mass is 427 g/mol. The van der Waals surface area contributed by atoms with E-state index in [-0.39, 0.29) is 18.5 Å². The van der Waals surface area contributed by atoms with E-state index in [0.717, 1.165) is 54.4 Å². The van der Waals surface area contributed by atoms with Crippen molar-refractivity contribution in [3.8, 4) is 0 Å². The highest BCUT2D eigenvalue weighted by molar-refractivity contribution is 5.93. The van der Waals surface area contributed by atoms with Gasteiger partial charge in [-0.2, -0.15) is 0 Å². The van der Waals surface area contributed by atoms with Gasteiger partial charge in [-0.25, -0.2) is 4.79 Å². The molecule has 32 heavy (non-hydrogen) atoms. The lowest BCUT2D eigenvalue weighted by molar-refractivity contribution is -0.140. The molecule has 2 N–H and O–H groups in total. The Hall–Kier alpha value is -2.91. The summed E-state index contributed by atoms with van der Waals surface area (Å²) >= 11 is 0. The average molecular weight is 428 g/mol. The second-order valence-electron chi connectivity index (χ2n) is 9.05. The number of allylic oxidation sites excluding steroid dienone is 4. The predicted molar refractivity (Wildman–Crippen MR) is 130 cm³/mol. The van der Waals surface area contributed by atoms with Crippen molar-refractivity contribution in [2.75, 3.05) is 0 Å². The van der Waals surface area contributed by atoms with Crippen LogP contribution in [0.25, 0.3) is 0 Å². The molecule has 1 unspecified atom stereocenters. The normalized spacial score (nSPS) is 23.4. The lowest BCUT2D eigenvalue weighted by atomic mass is 9.78. The van der Waals surface area contributed by atoms with Gasteiger partial charge < -0.3 is 10.5 Å². The Morgan fingerprint density at radius 3 is 2.34 bits per heavy atom. The number of benzene rings is 2. The number of carbonyl (C=O) groups excluding carboxylic acids is 1. The molecule has 2 aromatic carbocycles. The molecule has 0 spiro atoms. The van der Waals surface area contributed by atoms with Crippen molar-refractivity contribution in [3.63, 3.8) is 0 Å². The van der Waals surface area contributed by atoms with E-state index in [1.165, 1.54) is 5.56 Å². The Balaban J connectivity index is 1.55. The highest BCUT2D eigenvalue weighted by atomic mass is 16.5. The number of ether oxygens (including phenoxy) is 1. The Labute approximate surface area is 191 Å². The third-order valence-corrected chi connectivity index (χ3v) is 6.94. The number of hydrogen-bond acceptors (Lipinski definition) is 3. The van der Waals surface area contributed by atoms with E-state index in [2.05, 4.69) is 36.9 Å². The molecule has 0 saturated heterocycles. The van der Waals surface area contributed by atoms with E-state index < -0.39 is 0 Å². The van der Waals surface area contributed by atoms with Crippen LogP contribution in [-0.4, -0.2) is 12.0 Å². The smallest absolute Gasteiger partial charge is 0.335 e. The fourth-order valence-electron chi connectivity index (χ4n) is 5.00. The molecule has 0 heterocycles. The van der Waals surface area contributed by atoms with E-state index in [4.69, 9.17) is 10.5 Å². The molecule has 2 aliphatic rings. The van der Waals surface area contributed by atoms with Crippen LogP contribution >= 0.6 is 0 Å². The van der Waals surface area contributed by atoms with Gasteiger partial charge in [-0.05, 0) is 72.8 Å². The lowest BCUT2D eigenvalue weighted by Gasteiger charge is -2.28. The first-order valence-electron chi connectivity index (χ1n) is 11.7. The summed E-state index contributed by atoms with van der Waals surface area (Å²) in [5, 5.41) is 0. The maximum Gasteiger partial charge on any atom is 0.335 e. The highest BCUT2D eigenvalue weighted by Crippen LogP contribution is 2.39. The molecule has 0 radical (unpaired) electrons. The Morgan fingerprint density at radius 2 is 1.69 bits per heavy atom. The summed E-state index contributed by atoms with van der Waals surface area (Å²) in [7, 11) is 0. The molecule has 2 aliphatic carbocycles. The summed E-state index contributed by atoms with van der Waals surface area (Å²) in [6.07, 6.45) is 9.29. The topological polar surface area (TPSA) is 52.3 Å². The van der Waals surface area contributed by atoms with Gasteiger partial charge in [0.25, 0.3) is 0 Å². The van der Waals surface area contributed by atoms with E-state index in [1.54, 1.807) is 6.08 Å². The molecule has 1 atom stereocenters.